The third kappa shape index (κ3) is 4.88. The predicted molar refractivity (Wildman–Crippen MR) is 123 cm³/mol. The molecule has 0 unspecified atom stereocenters. The monoisotopic (exact) mass is 460 g/mol. The van der Waals surface area contributed by atoms with Crippen LogP contribution in [0.5, 0.6) is 0 Å². The number of aromatic nitrogens is 2. The van der Waals surface area contributed by atoms with Gasteiger partial charge in [-0.25, -0.2) is 14.8 Å². The standard InChI is InChI=1S/C25H24N4O5/c1-2-29(14-23(30)31)24(32)16-11-26-22(27-12-16)13-28-25(33)34-15-21-19-9-5-3-7-17(19)18-8-4-6-10-20(18)21/h3-12,21H,2,13-15H2,1H3,(H,28,33)(H,30,31). The summed E-state index contributed by atoms with van der Waals surface area (Å²) in [6, 6.07) is 16.2. The maximum absolute atomic E-state index is 12.4. The normalized spacial score (nSPS) is 11.9. The maximum atomic E-state index is 12.4. The Labute approximate surface area is 196 Å². The number of likely N-dealkylation sites (N-methyl/N-ethyl adjacent to an activating group) is 1. The summed E-state index contributed by atoms with van der Waals surface area (Å²) in [5.74, 6) is -1.31. The van der Waals surface area contributed by atoms with Crippen LogP contribution < -0.4 is 5.32 Å². The number of ether oxygens (including phenoxy) is 1. The van der Waals surface area contributed by atoms with Gasteiger partial charge in [0.15, 0.2) is 0 Å². The van der Waals surface area contributed by atoms with E-state index < -0.39 is 24.5 Å². The second-order valence-corrected chi connectivity index (χ2v) is 7.78. The summed E-state index contributed by atoms with van der Waals surface area (Å²) in [7, 11) is 0. The minimum Gasteiger partial charge on any atom is -0.480 e. The molecular weight excluding hydrogens is 436 g/mol. The van der Waals surface area contributed by atoms with E-state index in [0.29, 0.717) is 5.82 Å². The summed E-state index contributed by atoms with van der Waals surface area (Å²) in [5.41, 5.74) is 4.74. The zero-order valence-corrected chi connectivity index (χ0v) is 18.6. The van der Waals surface area contributed by atoms with Crippen molar-refractivity contribution in [3.8, 4) is 11.1 Å². The number of carbonyl (C=O) groups excluding carboxylic acids is 2. The Morgan fingerprint density at radius 3 is 2.15 bits per heavy atom. The number of aliphatic carboxylic acids is 1. The molecule has 0 aliphatic heterocycles. The van der Waals surface area contributed by atoms with Crippen molar-refractivity contribution in [1.82, 2.24) is 20.2 Å². The maximum Gasteiger partial charge on any atom is 0.407 e. The molecule has 9 heteroatoms. The highest BCUT2D eigenvalue weighted by Crippen LogP contribution is 2.44. The van der Waals surface area contributed by atoms with Crippen LogP contribution in [0.4, 0.5) is 4.79 Å². The summed E-state index contributed by atoms with van der Waals surface area (Å²) in [6.45, 7) is 1.76. The van der Waals surface area contributed by atoms with E-state index in [1.54, 1.807) is 6.92 Å². The van der Waals surface area contributed by atoms with Gasteiger partial charge in [0, 0.05) is 24.9 Å². The molecule has 0 fully saturated rings. The van der Waals surface area contributed by atoms with E-state index in [0.717, 1.165) is 22.3 Å². The van der Waals surface area contributed by atoms with Crippen LogP contribution in [0, 0.1) is 0 Å². The van der Waals surface area contributed by atoms with E-state index in [9.17, 15) is 14.4 Å². The van der Waals surface area contributed by atoms with E-state index in [2.05, 4.69) is 27.4 Å². The number of fused-ring (bicyclic) bond motifs is 3. The molecule has 1 heterocycles. The number of hydrogen-bond acceptors (Lipinski definition) is 6. The van der Waals surface area contributed by atoms with E-state index in [4.69, 9.17) is 9.84 Å². The smallest absolute Gasteiger partial charge is 0.407 e. The summed E-state index contributed by atoms with van der Waals surface area (Å²) in [5, 5.41) is 11.5. The van der Waals surface area contributed by atoms with Crippen molar-refractivity contribution in [1.29, 1.82) is 0 Å². The summed E-state index contributed by atoms with van der Waals surface area (Å²) in [4.78, 5) is 44.9. The first-order chi connectivity index (χ1) is 16.5. The van der Waals surface area contributed by atoms with Crippen LogP contribution in [-0.2, 0) is 16.1 Å². The number of alkyl carbamates (subject to hydrolysis) is 1. The van der Waals surface area contributed by atoms with Crippen LogP contribution in [-0.4, -0.2) is 57.6 Å². The van der Waals surface area contributed by atoms with Crippen molar-refractivity contribution in [2.75, 3.05) is 19.7 Å². The van der Waals surface area contributed by atoms with Gasteiger partial charge in [-0.15, -0.1) is 0 Å². The zero-order valence-electron chi connectivity index (χ0n) is 18.6. The first-order valence-electron chi connectivity index (χ1n) is 10.9. The van der Waals surface area contributed by atoms with E-state index in [-0.39, 0.29) is 31.2 Å². The lowest BCUT2D eigenvalue weighted by atomic mass is 9.98. The second-order valence-electron chi connectivity index (χ2n) is 7.78. The lowest BCUT2D eigenvalue weighted by Crippen LogP contribution is -2.35. The Bertz CT molecular complexity index is 1170. The zero-order chi connectivity index (χ0) is 24.1. The molecule has 2 amide bonds. The molecule has 9 nitrogen and oxygen atoms in total. The molecule has 3 aromatic rings. The Kier molecular flexibility index (Phi) is 6.82. The fraction of sp³-hybridized carbons (Fsp3) is 0.240. The fourth-order valence-electron chi connectivity index (χ4n) is 4.03. The van der Waals surface area contributed by atoms with Gasteiger partial charge >= 0.3 is 12.1 Å². The number of carboxylic acid groups (broad SMARTS) is 1. The van der Waals surface area contributed by atoms with Crippen molar-refractivity contribution in [2.24, 2.45) is 0 Å². The fourth-order valence-corrected chi connectivity index (χ4v) is 4.03. The molecule has 0 saturated heterocycles. The van der Waals surface area contributed by atoms with Crippen molar-refractivity contribution in [3.63, 3.8) is 0 Å². The molecule has 1 aromatic heterocycles. The Hall–Kier alpha value is -4.27. The van der Waals surface area contributed by atoms with Gasteiger partial charge in [0.1, 0.15) is 19.0 Å². The van der Waals surface area contributed by atoms with Crippen molar-refractivity contribution in [3.05, 3.63) is 83.4 Å². The molecule has 0 saturated carbocycles. The minimum absolute atomic E-state index is 0.0256. The van der Waals surface area contributed by atoms with E-state index >= 15 is 0 Å². The third-order valence-electron chi connectivity index (χ3n) is 5.68. The van der Waals surface area contributed by atoms with E-state index in [1.165, 1.54) is 17.3 Å². The number of rotatable bonds is 8. The molecule has 4 rings (SSSR count). The van der Waals surface area contributed by atoms with Crippen LogP contribution in [0.15, 0.2) is 60.9 Å². The Morgan fingerprint density at radius 2 is 1.59 bits per heavy atom. The van der Waals surface area contributed by atoms with Crippen LogP contribution >= 0.6 is 0 Å². The summed E-state index contributed by atoms with van der Waals surface area (Å²) < 4.78 is 5.48. The highest BCUT2D eigenvalue weighted by atomic mass is 16.5. The second kappa shape index (κ2) is 10.1. The average Bonchev–Trinajstić information content (AvgIpc) is 3.18. The highest BCUT2D eigenvalue weighted by molar-refractivity contribution is 5.95. The summed E-state index contributed by atoms with van der Waals surface area (Å²) >= 11 is 0. The average molecular weight is 460 g/mol. The van der Waals surface area contributed by atoms with Crippen molar-refractivity contribution in [2.45, 2.75) is 19.4 Å². The van der Waals surface area contributed by atoms with Crippen LogP contribution in [0.25, 0.3) is 11.1 Å². The van der Waals surface area contributed by atoms with Gasteiger partial charge < -0.3 is 20.1 Å². The molecular formula is C25H24N4O5. The van der Waals surface area contributed by atoms with Gasteiger partial charge in [0.25, 0.3) is 5.91 Å². The Morgan fingerprint density at radius 1 is 1.00 bits per heavy atom. The van der Waals surface area contributed by atoms with Gasteiger partial charge in [0.05, 0.1) is 12.1 Å². The quantitative estimate of drug-likeness (QED) is 0.530. The highest BCUT2D eigenvalue weighted by Gasteiger charge is 2.29. The third-order valence-corrected chi connectivity index (χ3v) is 5.68. The minimum atomic E-state index is -1.10. The molecule has 0 atom stereocenters. The largest absolute Gasteiger partial charge is 0.480 e. The number of nitrogens with one attached hydrogen (secondary N) is 1. The molecule has 1 aliphatic carbocycles. The molecule has 34 heavy (non-hydrogen) atoms. The van der Waals surface area contributed by atoms with Gasteiger partial charge in [0.2, 0.25) is 0 Å². The molecule has 174 valence electrons. The number of hydrogen-bond donors (Lipinski definition) is 2. The van der Waals surface area contributed by atoms with Crippen LogP contribution in [0.3, 0.4) is 0 Å². The first kappa shape index (κ1) is 22.9. The van der Waals surface area contributed by atoms with Gasteiger partial charge in [-0.2, -0.15) is 0 Å². The van der Waals surface area contributed by atoms with Crippen LogP contribution in [0.1, 0.15) is 40.2 Å². The number of amides is 2. The van der Waals surface area contributed by atoms with Crippen molar-refractivity contribution < 1.29 is 24.2 Å². The molecule has 0 bridgehead atoms. The Balaban J connectivity index is 1.32. The number of benzene rings is 2. The number of carbonyl (C=O) groups is 3. The lowest BCUT2D eigenvalue weighted by Gasteiger charge is -2.18. The van der Waals surface area contributed by atoms with Crippen molar-refractivity contribution >= 4 is 18.0 Å². The van der Waals surface area contributed by atoms with Crippen LogP contribution in [0.2, 0.25) is 0 Å². The predicted octanol–water partition coefficient (Wildman–Crippen LogP) is 3.06. The van der Waals surface area contributed by atoms with Gasteiger partial charge in [-0.3, -0.25) is 9.59 Å². The molecule has 0 radical (unpaired) electrons. The van der Waals surface area contributed by atoms with E-state index in [1.807, 2.05) is 36.4 Å². The SMILES string of the molecule is CCN(CC(=O)O)C(=O)c1cnc(CNC(=O)OCC2c3ccccc3-c3ccccc32)nc1. The topological polar surface area (TPSA) is 122 Å². The van der Waals surface area contributed by atoms with Gasteiger partial charge in [-0.05, 0) is 29.2 Å². The summed E-state index contributed by atoms with van der Waals surface area (Å²) in [6.07, 6.45) is 2.03. The first-order valence-corrected chi connectivity index (χ1v) is 10.9. The number of nitrogens with zero attached hydrogens (tertiary/aromatic N) is 3. The molecule has 2 N–H and O–H groups in total. The number of carboxylic acids is 1. The van der Waals surface area contributed by atoms with Gasteiger partial charge in [-0.1, -0.05) is 48.5 Å². The lowest BCUT2D eigenvalue weighted by molar-refractivity contribution is -0.137. The molecule has 1 aliphatic rings. The molecule has 2 aromatic carbocycles. The molecule has 0 spiro atoms.